The zero-order valence-electron chi connectivity index (χ0n) is 10.4. The SMILES string of the molecule is Cn1ncc2c(N/N=C\c3ccccc3)ncnc21. The molecule has 0 spiro atoms. The van der Waals surface area contributed by atoms with E-state index in [9.17, 15) is 0 Å². The van der Waals surface area contributed by atoms with Crippen molar-refractivity contribution in [3.05, 3.63) is 48.4 Å². The molecule has 0 fully saturated rings. The van der Waals surface area contributed by atoms with Crippen molar-refractivity contribution >= 4 is 23.1 Å². The molecule has 0 aliphatic carbocycles. The van der Waals surface area contributed by atoms with Crippen molar-refractivity contribution < 1.29 is 0 Å². The molecular weight excluding hydrogens is 240 g/mol. The Kier molecular flexibility index (Phi) is 2.89. The second kappa shape index (κ2) is 4.85. The molecule has 0 saturated heterocycles. The van der Waals surface area contributed by atoms with Crippen molar-refractivity contribution in [1.29, 1.82) is 0 Å². The molecule has 0 aliphatic heterocycles. The average Bonchev–Trinajstić information content (AvgIpc) is 2.83. The molecule has 0 radical (unpaired) electrons. The Bertz CT molecular complexity index is 716. The van der Waals surface area contributed by atoms with Crippen molar-refractivity contribution in [2.24, 2.45) is 12.1 Å². The van der Waals surface area contributed by atoms with Crippen LogP contribution in [0.3, 0.4) is 0 Å². The number of nitrogens with zero attached hydrogens (tertiary/aromatic N) is 5. The fourth-order valence-electron chi connectivity index (χ4n) is 1.76. The van der Waals surface area contributed by atoms with Gasteiger partial charge in [0.15, 0.2) is 11.5 Å². The lowest BCUT2D eigenvalue weighted by Crippen LogP contribution is -1.97. The first-order valence-corrected chi connectivity index (χ1v) is 5.81. The summed E-state index contributed by atoms with van der Waals surface area (Å²) in [7, 11) is 1.84. The lowest BCUT2D eigenvalue weighted by molar-refractivity contribution is 0.785. The molecule has 0 saturated carbocycles. The third-order valence-electron chi connectivity index (χ3n) is 2.71. The number of aromatic nitrogens is 4. The molecule has 0 atom stereocenters. The van der Waals surface area contributed by atoms with Gasteiger partial charge in [0.05, 0.1) is 17.8 Å². The van der Waals surface area contributed by atoms with Gasteiger partial charge in [-0.25, -0.2) is 9.97 Å². The Labute approximate surface area is 109 Å². The van der Waals surface area contributed by atoms with E-state index in [1.807, 2.05) is 37.4 Å². The minimum absolute atomic E-state index is 0.644. The van der Waals surface area contributed by atoms with Crippen molar-refractivity contribution in [2.75, 3.05) is 5.43 Å². The van der Waals surface area contributed by atoms with Crippen LogP contribution in [0.25, 0.3) is 11.0 Å². The normalized spacial score (nSPS) is 11.2. The Morgan fingerprint density at radius 2 is 2.05 bits per heavy atom. The maximum atomic E-state index is 4.17. The smallest absolute Gasteiger partial charge is 0.163 e. The molecule has 2 heterocycles. The minimum Gasteiger partial charge on any atom is -0.261 e. The number of hydrazone groups is 1. The van der Waals surface area contributed by atoms with E-state index in [0.29, 0.717) is 5.82 Å². The molecule has 1 N–H and O–H groups in total. The number of benzene rings is 1. The number of hydrogen-bond donors (Lipinski definition) is 1. The van der Waals surface area contributed by atoms with Crippen LogP contribution < -0.4 is 5.43 Å². The molecule has 0 bridgehead atoms. The van der Waals surface area contributed by atoms with Gasteiger partial charge in [-0.15, -0.1) is 0 Å². The fourth-order valence-corrected chi connectivity index (χ4v) is 1.76. The predicted molar refractivity (Wildman–Crippen MR) is 74.0 cm³/mol. The maximum Gasteiger partial charge on any atom is 0.163 e. The molecule has 0 aliphatic rings. The number of aryl methyl sites for hydroxylation is 1. The summed E-state index contributed by atoms with van der Waals surface area (Å²) < 4.78 is 1.70. The van der Waals surface area contributed by atoms with Gasteiger partial charge in [-0.1, -0.05) is 30.3 Å². The van der Waals surface area contributed by atoms with Gasteiger partial charge in [0, 0.05) is 7.05 Å². The van der Waals surface area contributed by atoms with Crippen LogP contribution in [0, 0.1) is 0 Å². The largest absolute Gasteiger partial charge is 0.261 e. The third-order valence-corrected chi connectivity index (χ3v) is 2.71. The first-order valence-electron chi connectivity index (χ1n) is 5.81. The highest BCUT2D eigenvalue weighted by Crippen LogP contribution is 2.17. The van der Waals surface area contributed by atoms with Crippen LogP contribution in [0.5, 0.6) is 0 Å². The molecule has 3 rings (SSSR count). The Morgan fingerprint density at radius 1 is 1.21 bits per heavy atom. The average molecular weight is 252 g/mol. The van der Waals surface area contributed by atoms with Gasteiger partial charge in [-0.2, -0.15) is 10.2 Å². The second-order valence-corrected chi connectivity index (χ2v) is 4.01. The zero-order valence-corrected chi connectivity index (χ0v) is 10.4. The zero-order chi connectivity index (χ0) is 13.1. The van der Waals surface area contributed by atoms with E-state index in [2.05, 4.69) is 25.6 Å². The van der Waals surface area contributed by atoms with Crippen molar-refractivity contribution in [1.82, 2.24) is 19.7 Å². The number of nitrogens with one attached hydrogen (secondary N) is 1. The van der Waals surface area contributed by atoms with Crippen LogP contribution in [-0.2, 0) is 7.05 Å². The van der Waals surface area contributed by atoms with Gasteiger partial charge in [0.25, 0.3) is 0 Å². The molecular formula is C13H12N6. The summed E-state index contributed by atoms with van der Waals surface area (Å²) in [5.41, 5.74) is 4.71. The lowest BCUT2D eigenvalue weighted by Gasteiger charge is -2.00. The predicted octanol–water partition coefficient (Wildman–Crippen LogP) is 1.81. The quantitative estimate of drug-likeness (QED) is 0.570. The summed E-state index contributed by atoms with van der Waals surface area (Å²) in [6, 6.07) is 9.85. The lowest BCUT2D eigenvalue weighted by atomic mass is 10.2. The molecule has 19 heavy (non-hydrogen) atoms. The number of rotatable bonds is 3. The van der Waals surface area contributed by atoms with Gasteiger partial charge < -0.3 is 0 Å². The monoisotopic (exact) mass is 252 g/mol. The summed E-state index contributed by atoms with van der Waals surface area (Å²) in [4.78, 5) is 8.33. The summed E-state index contributed by atoms with van der Waals surface area (Å²) in [6.07, 6.45) is 4.95. The molecule has 94 valence electrons. The summed E-state index contributed by atoms with van der Waals surface area (Å²) >= 11 is 0. The molecule has 0 unspecified atom stereocenters. The topological polar surface area (TPSA) is 68.0 Å². The van der Waals surface area contributed by atoms with Crippen LogP contribution >= 0.6 is 0 Å². The molecule has 1 aromatic carbocycles. The van der Waals surface area contributed by atoms with Crippen molar-refractivity contribution in [3.63, 3.8) is 0 Å². The Hall–Kier alpha value is -2.76. The van der Waals surface area contributed by atoms with Gasteiger partial charge >= 0.3 is 0 Å². The second-order valence-electron chi connectivity index (χ2n) is 4.01. The van der Waals surface area contributed by atoms with Crippen LogP contribution in [0.4, 0.5) is 5.82 Å². The molecule has 6 nitrogen and oxygen atoms in total. The van der Waals surface area contributed by atoms with Crippen LogP contribution in [-0.4, -0.2) is 26.0 Å². The van der Waals surface area contributed by atoms with Crippen LogP contribution in [0.15, 0.2) is 48.0 Å². The highest BCUT2D eigenvalue weighted by molar-refractivity contribution is 5.87. The summed E-state index contributed by atoms with van der Waals surface area (Å²) in [6.45, 7) is 0. The number of fused-ring (bicyclic) bond motifs is 1. The third kappa shape index (κ3) is 2.28. The molecule has 3 aromatic rings. The van der Waals surface area contributed by atoms with E-state index in [1.165, 1.54) is 6.33 Å². The van der Waals surface area contributed by atoms with E-state index >= 15 is 0 Å². The van der Waals surface area contributed by atoms with Crippen LogP contribution in [0.1, 0.15) is 5.56 Å². The fraction of sp³-hybridized carbons (Fsp3) is 0.0769. The number of hydrogen-bond acceptors (Lipinski definition) is 5. The standard InChI is InChI=1S/C13H12N6/c1-19-13-11(8-17-19)12(14-9-15-13)18-16-7-10-5-3-2-4-6-10/h2-9H,1H3,(H,14,15,18)/b16-7-. The molecule has 2 aromatic heterocycles. The summed E-state index contributed by atoms with van der Waals surface area (Å²) in [5, 5.41) is 9.16. The van der Waals surface area contributed by atoms with Gasteiger partial charge in [0.1, 0.15) is 6.33 Å². The van der Waals surface area contributed by atoms with E-state index < -0.39 is 0 Å². The summed E-state index contributed by atoms with van der Waals surface area (Å²) in [5.74, 6) is 0.644. The highest BCUT2D eigenvalue weighted by Gasteiger charge is 2.06. The van der Waals surface area contributed by atoms with E-state index in [-0.39, 0.29) is 0 Å². The van der Waals surface area contributed by atoms with Crippen molar-refractivity contribution in [2.45, 2.75) is 0 Å². The number of anilines is 1. The van der Waals surface area contributed by atoms with E-state index in [1.54, 1.807) is 17.1 Å². The van der Waals surface area contributed by atoms with E-state index in [0.717, 1.165) is 16.6 Å². The van der Waals surface area contributed by atoms with E-state index in [4.69, 9.17) is 0 Å². The molecule has 6 heteroatoms. The first kappa shape index (κ1) is 11.3. The minimum atomic E-state index is 0.644. The Balaban J connectivity index is 1.84. The highest BCUT2D eigenvalue weighted by atomic mass is 15.3. The van der Waals surface area contributed by atoms with Gasteiger partial charge in [0.2, 0.25) is 0 Å². The first-order chi connectivity index (χ1) is 9.34. The Morgan fingerprint density at radius 3 is 2.89 bits per heavy atom. The van der Waals surface area contributed by atoms with Gasteiger partial charge in [-0.3, -0.25) is 10.1 Å². The maximum absolute atomic E-state index is 4.17. The van der Waals surface area contributed by atoms with Crippen LogP contribution in [0.2, 0.25) is 0 Å². The van der Waals surface area contributed by atoms with Gasteiger partial charge in [-0.05, 0) is 5.56 Å². The molecule has 0 amide bonds. The van der Waals surface area contributed by atoms with Crippen molar-refractivity contribution in [3.8, 4) is 0 Å².